The number of benzene rings is 2. The molecule has 2 aromatic heterocycles. The molecule has 0 saturated carbocycles. The first-order chi connectivity index (χ1) is 14.3. The van der Waals surface area contributed by atoms with E-state index < -0.39 is 0 Å². The molecule has 0 spiro atoms. The molecular weight excluding hydrogens is 364 g/mol. The number of nitrogens with one attached hydrogen (secondary N) is 1. The molecule has 0 atom stereocenters. The smallest absolute Gasteiger partial charge is 0.265 e. The van der Waals surface area contributed by atoms with Gasteiger partial charge >= 0.3 is 0 Å². The van der Waals surface area contributed by atoms with Crippen molar-refractivity contribution in [3.63, 3.8) is 0 Å². The molecule has 7 heteroatoms. The maximum atomic E-state index is 5.59. The van der Waals surface area contributed by atoms with Gasteiger partial charge in [0.2, 0.25) is 0 Å². The van der Waals surface area contributed by atoms with E-state index in [0.717, 1.165) is 59.4 Å². The average molecular weight is 388 g/mol. The van der Waals surface area contributed by atoms with E-state index in [2.05, 4.69) is 56.3 Å². The molecule has 1 N–H and O–H groups in total. The lowest BCUT2D eigenvalue weighted by molar-refractivity contribution is 0.317. The second-order valence-electron chi connectivity index (χ2n) is 6.76. The summed E-state index contributed by atoms with van der Waals surface area (Å²) in [7, 11) is 0. The Labute approximate surface area is 169 Å². The average Bonchev–Trinajstić information content (AvgIpc) is 3.07. The number of aryl methyl sites for hydroxylation is 1. The molecule has 0 aliphatic heterocycles. The maximum absolute atomic E-state index is 5.59. The Bertz CT molecular complexity index is 1130. The highest BCUT2D eigenvalue weighted by atomic mass is 16.5. The summed E-state index contributed by atoms with van der Waals surface area (Å²) in [6.07, 6.45) is 3.72. The minimum absolute atomic E-state index is 0.372. The van der Waals surface area contributed by atoms with E-state index in [9.17, 15) is 0 Å². The molecule has 148 valence electrons. The Hall–Kier alpha value is -3.48. The van der Waals surface area contributed by atoms with E-state index in [1.165, 1.54) is 0 Å². The summed E-state index contributed by atoms with van der Waals surface area (Å²) in [6.45, 7) is 5.83. The molecule has 4 rings (SSSR count). The van der Waals surface area contributed by atoms with Crippen molar-refractivity contribution >= 4 is 34.2 Å². The summed E-state index contributed by atoms with van der Waals surface area (Å²) in [4.78, 5) is 4.65. The highest BCUT2D eigenvalue weighted by Crippen LogP contribution is 2.26. The number of hydrogen-bond donors (Lipinski definition) is 1. The number of aromatic nitrogens is 4. The van der Waals surface area contributed by atoms with Crippen molar-refractivity contribution in [3.8, 4) is 5.75 Å². The van der Waals surface area contributed by atoms with Crippen molar-refractivity contribution in [2.45, 2.75) is 33.2 Å². The predicted octanol–water partition coefficient (Wildman–Crippen LogP) is 4.62. The van der Waals surface area contributed by atoms with Crippen molar-refractivity contribution in [3.05, 3.63) is 54.1 Å². The molecule has 7 nitrogen and oxygen atoms in total. The standard InChI is InChI=1S/C22H24N6O/c1-3-13-28-19-8-6-5-7-18(19)20-21(28)24-22(27-25-20)26-23-15-16-9-11-17(12-10-16)29-14-4-2/h5-12,15H,3-4,13-14H2,1-2H3,(H,24,26,27)/b23-15+. The van der Waals surface area contributed by atoms with Gasteiger partial charge in [-0.15, -0.1) is 10.2 Å². The predicted molar refractivity (Wildman–Crippen MR) is 117 cm³/mol. The zero-order chi connectivity index (χ0) is 20.1. The Morgan fingerprint density at radius 2 is 1.86 bits per heavy atom. The van der Waals surface area contributed by atoms with E-state index >= 15 is 0 Å². The molecule has 0 radical (unpaired) electrons. The van der Waals surface area contributed by atoms with E-state index in [0.29, 0.717) is 5.95 Å². The minimum Gasteiger partial charge on any atom is -0.494 e. The van der Waals surface area contributed by atoms with Gasteiger partial charge in [-0.2, -0.15) is 10.1 Å². The van der Waals surface area contributed by atoms with Gasteiger partial charge in [-0.25, -0.2) is 5.43 Å². The fraction of sp³-hybridized carbons (Fsp3) is 0.273. The normalized spacial score (nSPS) is 11.5. The highest BCUT2D eigenvalue weighted by Gasteiger charge is 2.13. The minimum atomic E-state index is 0.372. The number of nitrogens with zero attached hydrogens (tertiary/aromatic N) is 5. The summed E-state index contributed by atoms with van der Waals surface area (Å²) in [5.41, 5.74) is 6.59. The van der Waals surface area contributed by atoms with Crippen molar-refractivity contribution in [1.29, 1.82) is 0 Å². The van der Waals surface area contributed by atoms with Crippen molar-refractivity contribution in [1.82, 2.24) is 19.7 Å². The monoisotopic (exact) mass is 388 g/mol. The lowest BCUT2D eigenvalue weighted by Crippen LogP contribution is -2.03. The highest BCUT2D eigenvalue weighted by molar-refractivity contribution is 6.04. The van der Waals surface area contributed by atoms with E-state index in [-0.39, 0.29) is 0 Å². The van der Waals surface area contributed by atoms with Crippen molar-refractivity contribution in [2.75, 3.05) is 12.0 Å². The fourth-order valence-corrected chi connectivity index (χ4v) is 3.24. The van der Waals surface area contributed by atoms with Crippen LogP contribution in [0.1, 0.15) is 32.3 Å². The summed E-state index contributed by atoms with van der Waals surface area (Å²) < 4.78 is 7.77. The van der Waals surface area contributed by atoms with Gasteiger partial charge < -0.3 is 9.30 Å². The molecular formula is C22H24N6O. The lowest BCUT2D eigenvalue weighted by Gasteiger charge is -2.05. The van der Waals surface area contributed by atoms with Gasteiger partial charge in [-0.3, -0.25) is 0 Å². The van der Waals surface area contributed by atoms with E-state index in [1.54, 1.807) is 6.21 Å². The van der Waals surface area contributed by atoms with E-state index in [4.69, 9.17) is 4.74 Å². The molecule has 0 unspecified atom stereocenters. The summed E-state index contributed by atoms with van der Waals surface area (Å²) in [5.74, 6) is 1.23. The Kier molecular flexibility index (Phi) is 5.65. The molecule has 0 saturated heterocycles. The second-order valence-corrected chi connectivity index (χ2v) is 6.76. The van der Waals surface area contributed by atoms with Gasteiger partial charge in [0, 0.05) is 11.9 Å². The van der Waals surface area contributed by atoms with Crippen LogP contribution in [0.5, 0.6) is 5.75 Å². The van der Waals surface area contributed by atoms with Crippen LogP contribution in [0.25, 0.3) is 22.1 Å². The van der Waals surface area contributed by atoms with Gasteiger partial charge in [0.05, 0.1) is 18.3 Å². The third-order valence-electron chi connectivity index (χ3n) is 4.55. The molecule has 2 aromatic carbocycles. The topological polar surface area (TPSA) is 77.2 Å². The van der Waals surface area contributed by atoms with Crippen LogP contribution in [-0.2, 0) is 6.54 Å². The summed E-state index contributed by atoms with van der Waals surface area (Å²) in [5, 5.41) is 13.9. The molecule has 2 heterocycles. The Morgan fingerprint density at radius 3 is 2.66 bits per heavy atom. The summed E-state index contributed by atoms with van der Waals surface area (Å²) >= 11 is 0. The number of para-hydroxylation sites is 1. The molecule has 29 heavy (non-hydrogen) atoms. The zero-order valence-corrected chi connectivity index (χ0v) is 16.7. The largest absolute Gasteiger partial charge is 0.494 e. The van der Waals surface area contributed by atoms with Gasteiger partial charge in [0.1, 0.15) is 11.3 Å². The SMILES string of the molecule is CCCOc1ccc(/C=N/Nc2nnc3c4ccccc4n(CCC)c3n2)cc1. The number of ether oxygens (including phenoxy) is 1. The van der Waals surface area contributed by atoms with Crippen molar-refractivity contribution in [2.24, 2.45) is 5.10 Å². The van der Waals surface area contributed by atoms with Gasteiger partial charge in [-0.05, 0) is 48.7 Å². The van der Waals surface area contributed by atoms with Crippen LogP contribution >= 0.6 is 0 Å². The number of hydrogen-bond acceptors (Lipinski definition) is 6. The number of rotatable bonds is 8. The molecule has 0 fully saturated rings. The number of fused-ring (bicyclic) bond motifs is 3. The maximum Gasteiger partial charge on any atom is 0.265 e. The van der Waals surface area contributed by atoms with Crippen molar-refractivity contribution < 1.29 is 4.74 Å². The van der Waals surface area contributed by atoms with Gasteiger partial charge in [-0.1, -0.05) is 32.0 Å². The molecule has 4 aromatic rings. The summed E-state index contributed by atoms with van der Waals surface area (Å²) in [6, 6.07) is 16.0. The second kappa shape index (κ2) is 8.68. The third-order valence-corrected chi connectivity index (χ3v) is 4.55. The number of anilines is 1. The molecule has 0 aliphatic rings. The fourth-order valence-electron chi connectivity index (χ4n) is 3.24. The van der Waals surface area contributed by atoms with Crippen LogP contribution in [0.4, 0.5) is 5.95 Å². The third kappa shape index (κ3) is 4.03. The molecule has 0 amide bonds. The van der Waals surface area contributed by atoms with Crippen LogP contribution in [0.3, 0.4) is 0 Å². The van der Waals surface area contributed by atoms with Crippen LogP contribution in [0.15, 0.2) is 53.6 Å². The van der Waals surface area contributed by atoms with E-state index in [1.807, 2.05) is 36.4 Å². The van der Waals surface area contributed by atoms with Crippen LogP contribution in [0.2, 0.25) is 0 Å². The quantitative estimate of drug-likeness (QED) is 0.352. The first-order valence-corrected chi connectivity index (χ1v) is 9.93. The van der Waals surface area contributed by atoms with Crippen LogP contribution in [0, 0.1) is 0 Å². The Balaban J connectivity index is 1.54. The van der Waals surface area contributed by atoms with Gasteiger partial charge in [0.15, 0.2) is 5.65 Å². The lowest BCUT2D eigenvalue weighted by atomic mass is 10.2. The Morgan fingerprint density at radius 1 is 1.03 bits per heavy atom. The zero-order valence-electron chi connectivity index (χ0n) is 16.7. The molecule has 0 aliphatic carbocycles. The first kappa shape index (κ1) is 18.9. The first-order valence-electron chi connectivity index (χ1n) is 9.93. The van der Waals surface area contributed by atoms with Crippen LogP contribution < -0.4 is 10.2 Å². The number of hydrazone groups is 1. The molecule has 0 bridgehead atoms. The van der Waals surface area contributed by atoms with Crippen LogP contribution in [-0.4, -0.2) is 32.6 Å². The van der Waals surface area contributed by atoms with Gasteiger partial charge in [0.25, 0.3) is 5.95 Å².